The summed E-state index contributed by atoms with van der Waals surface area (Å²) in [7, 11) is 5.63. The van der Waals surface area contributed by atoms with Gasteiger partial charge in [0.05, 0.1) is 11.3 Å². The maximum Gasteiger partial charge on any atom is 0.340 e. The van der Waals surface area contributed by atoms with Gasteiger partial charge < -0.3 is 14.5 Å². The zero-order valence-corrected chi connectivity index (χ0v) is 18.5. The van der Waals surface area contributed by atoms with E-state index in [0.717, 1.165) is 22.6 Å². The van der Waals surface area contributed by atoms with Crippen molar-refractivity contribution in [2.75, 3.05) is 32.6 Å². The summed E-state index contributed by atoms with van der Waals surface area (Å²) in [6, 6.07) is 13.2. The van der Waals surface area contributed by atoms with Crippen molar-refractivity contribution in [3.05, 3.63) is 71.2 Å². The molecule has 2 aromatic heterocycles. The second kappa shape index (κ2) is 9.42. The molecule has 0 fully saturated rings. The predicted molar refractivity (Wildman–Crippen MR) is 118 cm³/mol. The molecule has 3 rings (SSSR count). The summed E-state index contributed by atoms with van der Waals surface area (Å²) in [5.41, 5.74) is 4.20. The van der Waals surface area contributed by atoms with Gasteiger partial charge in [-0.15, -0.1) is 0 Å². The number of amides is 1. The van der Waals surface area contributed by atoms with Gasteiger partial charge in [-0.3, -0.25) is 4.79 Å². The Bertz CT molecular complexity index is 1060. The lowest BCUT2D eigenvalue weighted by Crippen LogP contribution is -2.30. The van der Waals surface area contributed by atoms with E-state index in [0.29, 0.717) is 12.4 Å². The molecule has 0 saturated heterocycles. The quantitative estimate of drug-likeness (QED) is 0.546. The van der Waals surface area contributed by atoms with Crippen LogP contribution < -0.4 is 4.90 Å². The maximum atomic E-state index is 12.4. The number of nitrogens with zero attached hydrogens (tertiary/aromatic N) is 5. The molecule has 0 bridgehead atoms. The molecule has 1 aromatic carbocycles. The Morgan fingerprint density at radius 1 is 1.03 bits per heavy atom. The Morgan fingerprint density at radius 3 is 2.29 bits per heavy atom. The number of esters is 1. The fraction of sp³-hybridized carbons (Fsp3) is 0.304. The zero-order valence-electron chi connectivity index (χ0n) is 18.5. The fourth-order valence-electron chi connectivity index (χ4n) is 3.08. The van der Waals surface area contributed by atoms with E-state index in [-0.39, 0.29) is 18.1 Å². The standard InChI is InChI=1S/C23H27N5O3/c1-16-12-17(2)28(25-16)21-11-8-19(13-24-21)23(30)31-15-22(29)27(5)14-18-6-9-20(10-7-18)26(3)4/h6-13H,14-15H2,1-5H3. The predicted octanol–water partition coefficient (Wildman–Crippen LogP) is 2.77. The number of aromatic nitrogens is 3. The van der Waals surface area contributed by atoms with Crippen molar-refractivity contribution in [3.63, 3.8) is 0 Å². The SMILES string of the molecule is Cc1cc(C)n(-c2ccc(C(=O)OCC(=O)N(C)Cc3ccc(N(C)C)cc3)cn2)n1. The summed E-state index contributed by atoms with van der Waals surface area (Å²) in [5, 5.41) is 4.37. The highest BCUT2D eigenvalue weighted by Gasteiger charge is 2.15. The van der Waals surface area contributed by atoms with E-state index in [1.54, 1.807) is 23.9 Å². The molecule has 2 heterocycles. The van der Waals surface area contributed by atoms with Gasteiger partial charge in [-0.25, -0.2) is 14.5 Å². The first-order chi connectivity index (χ1) is 14.7. The molecule has 0 atom stereocenters. The van der Waals surface area contributed by atoms with Gasteiger partial charge in [0.2, 0.25) is 0 Å². The van der Waals surface area contributed by atoms with E-state index >= 15 is 0 Å². The fourth-order valence-corrected chi connectivity index (χ4v) is 3.08. The molecule has 0 aliphatic rings. The van der Waals surface area contributed by atoms with Gasteiger partial charge in [-0.05, 0) is 49.7 Å². The van der Waals surface area contributed by atoms with Gasteiger partial charge in [0, 0.05) is 45.3 Å². The molecule has 3 aromatic rings. The second-order valence-electron chi connectivity index (χ2n) is 7.63. The highest BCUT2D eigenvalue weighted by molar-refractivity contribution is 5.91. The molecule has 31 heavy (non-hydrogen) atoms. The number of hydrogen-bond donors (Lipinski definition) is 0. The van der Waals surface area contributed by atoms with Crippen LogP contribution in [0.1, 0.15) is 27.3 Å². The van der Waals surface area contributed by atoms with E-state index in [1.807, 2.05) is 63.2 Å². The summed E-state index contributed by atoms with van der Waals surface area (Å²) in [4.78, 5) is 32.5. The van der Waals surface area contributed by atoms with Crippen LogP contribution in [-0.2, 0) is 16.1 Å². The molecule has 8 heteroatoms. The molecule has 0 N–H and O–H groups in total. The number of anilines is 1. The van der Waals surface area contributed by atoms with Gasteiger partial charge in [0.15, 0.2) is 12.4 Å². The molecular formula is C23H27N5O3. The average molecular weight is 422 g/mol. The third kappa shape index (κ3) is 5.48. The van der Waals surface area contributed by atoms with Crippen LogP contribution in [0, 0.1) is 13.8 Å². The molecule has 0 aliphatic heterocycles. The monoisotopic (exact) mass is 421 g/mol. The van der Waals surface area contributed by atoms with E-state index in [4.69, 9.17) is 4.74 Å². The van der Waals surface area contributed by atoms with Crippen LogP contribution in [0.15, 0.2) is 48.7 Å². The Balaban J connectivity index is 1.53. The minimum atomic E-state index is -0.593. The Hall–Kier alpha value is -3.68. The lowest BCUT2D eigenvalue weighted by molar-refractivity contribution is -0.133. The average Bonchev–Trinajstić information content (AvgIpc) is 3.10. The molecule has 0 unspecified atom stereocenters. The molecule has 8 nitrogen and oxygen atoms in total. The molecule has 162 valence electrons. The van der Waals surface area contributed by atoms with Crippen molar-refractivity contribution in [1.29, 1.82) is 0 Å². The number of pyridine rings is 1. The third-order valence-electron chi connectivity index (χ3n) is 4.84. The van der Waals surface area contributed by atoms with Crippen molar-refractivity contribution in [1.82, 2.24) is 19.7 Å². The lowest BCUT2D eigenvalue weighted by atomic mass is 10.2. The smallest absolute Gasteiger partial charge is 0.340 e. The zero-order chi connectivity index (χ0) is 22.5. The van der Waals surface area contributed by atoms with Crippen LogP contribution in [0.5, 0.6) is 0 Å². The molecule has 0 saturated carbocycles. The topological polar surface area (TPSA) is 80.6 Å². The highest BCUT2D eigenvalue weighted by atomic mass is 16.5. The third-order valence-corrected chi connectivity index (χ3v) is 4.84. The number of carbonyl (C=O) groups excluding carboxylic acids is 2. The van der Waals surface area contributed by atoms with Crippen molar-refractivity contribution < 1.29 is 14.3 Å². The van der Waals surface area contributed by atoms with Crippen molar-refractivity contribution in [2.24, 2.45) is 0 Å². The Labute approximate surface area is 182 Å². The molecule has 1 amide bonds. The number of likely N-dealkylation sites (N-methyl/N-ethyl adjacent to an activating group) is 1. The van der Waals surface area contributed by atoms with Crippen LogP contribution in [0.2, 0.25) is 0 Å². The summed E-state index contributed by atoms with van der Waals surface area (Å²) >= 11 is 0. The summed E-state index contributed by atoms with van der Waals surface area (Å²) < 4.78 is 6.88. The molecular weight excluding hydrogens is 394 g/mol. The number of carbonyl (C=O) groups is 2. The van der Waals surface area contributed by atoms with Gasteiger partial charge in [-0.1, -0.05) is 12.1 Å². The first-order valence-electron chi connectivity index (χ1n) is 9.91. The number of rotatable bonds is 7. The van der Waals surface area contributed by atoms with Crippen LogP contribution >= 0.6 is 0 Å². The molecule has 0 aliphatic carbocycles. The number of ether oxygens (including phenoxy) is 1. The van der Waals surface area contributed by atoms with Gasteiger partial charge in [0.25, 0.3) is 5.91 Å². The molecule has 0 spiro atoms. The minimum absolute atomic E-state index is 0.278. The van der Waals surface area contributed by atoms with E-state index in [9.17, 15) is 9.59 Å². The second-order valence-corrected chi connectivity index (χ2v) is 7.63. The van der Waals surface area contributed by atoms with Crippen LogP contribution in [0.25, 0.3) is 5.82 Å². The summed E-state index contributed by atoms with van der Waals surface area (Å²) in [6.45, 7) is 3.94. The number of aryl methyl sites for hydroxylation is 2. The normalized spacial score (nSPS) is 10.6. The van der Waals surface area contributed by atoms with Crippen molar-refractivity contribution >= 4 is 17.6 Å². The van der Waals surface area contributed by atoms with Crippen LogP contribution in [0.3, 0.4) is 0 Å². The van der Waals surface area contributed by atoms with Crippen LogP contribution in [0.4, 0.5) is 5.69 Å². The Morgan fingerprint density at radius 2 is 1.74 bits per heavy atom. The van der Waals surface area contributed by atoms with Crippen molar-refractivity contribution in [3.8, 4) is 5.82 Å². The number of hydrogen-bond acceptors (Lipinski definition) is 6. The summed E-state index contributed by atoms with van der Waals surface area (Å²) in [6.07, 6.45) is 1.43. The summed E-state index contributed by atoms with van der Waals surface area (Å²) in [5.74, 6) is -0.264. The van der Waals surface area contributed by atoms with Crippen molar-refractivity contribution in [2.45, 2.75) is 20.4 Å². The molecule has 0 radical (unpaired) electrons. The van der Waals surface area contributed by atoms with E-state index < -0.39 is 5.97 Å². The maximum absolute atomic E-state index is 12.4. The largest absolute Gasteiger partial charge is 0.452 e. The first-order valence-corrected chi connectivity index (χ1v) is 9.91. The Kier molecular flexibility index (Phi) is 6.69. The van der Waals surface area contributed by atoms with Gasteiger partial charge in [-0.2, -0.15) is 5.10 Å². The van der Waals surface area contributed by atoms with Crippen LogP contribution in [-0.4, -0.2) is 59.3 Å². The van der Waals surface area contributed by atoms with E-state index in [1.165, 1.54) is 11.1 Å². The highest BCUT2D eigenvalue weighted by Crippen LogP contribution is 2.14. The first kappa shape index (κ1) is 22.0. The van der Waals surface area contributed by atoms with Gasteiger partial charge in [0.1, 0.15) is 0 Å². The van der Waals surface area contributed by atoms with Gasteiger partial charge >= 0.3 is 5.97 Å². The minimum Gasteiger partial charge on any atom is -0.452 e. The number of benzene rings is 1. The lowest BCUT2D eigenvalue weighted by Gasteiger charge is -2.18. The van der Waals surface area contributed by atoms with E-state index in [2.05, 4.69) is 10.1 Å².